The molecule has 0 radical (unpaired) electrons. The molecule has 0 spiro atoms. The van der Waals surface area contributed by atoms with E-state index in [9.17, 15) is 0 Å². The van der Waals surface area contributed by atoms with Gasteiger partial charge in [0.15, 0.2) is 0 Å². The Morgan fingerprint density at radius 1 is 1.46 bits per heavy atom. The largest absolute Gasteiger partial charge is 0.122 e. The van der Waals surface area contributed by atoms with Crippen LogP contribution in [0, 0.1) is 0 Å². The van der Waals surface area contributed by atoms with Crippen LogP contribution >= 0.6 is 27.5 Å². The molecular weight excluding hydrogens is 247 g/mol. The molecule has 2 heteroatoms. The molecule has 0 fully saturated rings. The highest BCUT2D eigenvalue weighted by atomic mass is 79.9. The highest BCUT2D eigenvalue weighted by Gasteiger charge is 2.05. The smallest absolute Gasteiger partial charge is 0.0485 e. The van der Waals surface area contributed by atoms with Crippen LogP contribution in [-0.2, 0) is 5.88 Å². The molecular formula is C11H14BrCl. The SMILES string of the molecule is CCC(C)c1ccc(CCl)c(Br)c1. The second-order valence-corrected chi connectivity index (χ2v) is 4.42. The van der Waals surface area contributed by atoms with Crippen molar-refractivity contribution in [3.8, 4) is 0 Å². The van der Waals surface area contributed by atoms with Crippen molar-refractivity contribution in [3.05, 3.63) is 33.8 Å². The monoisotopic (exact) mass is 260 g/mol. The van der Waals surface area contributed by atoms with E-state index in [1.165, 1.54) is 12.0 Å². The van der Waals surface area contributed by atoms with E-state index in [0.29, 0.717) is 11.8 Å². The number of hydrogen-bond acceptors (Lipinski definition) is 0. The molecule has 1 atom stereocenters. The maximum Gasteiger partial charge on any atom is 0.0485 e. The average molecular weight is 262 g/mol. The van der Waals surface area contributed by atoms with Gasteiger partial charge in [-0.1, -0.05) is 41.9 Å². The molecule has 0 aromatic heterocycles. The first-order valence-corrected chi connectivity index (χ1v) is 5.86. The molecule has 0 saturated carbocycles. The summed E-state index contributed by atoms with van der Waals surface area (Å²) < 4.78 is 1.13. The second-order valence-electron chi connectivity index (χ2n) is 3.29. The average Bonchev–Trinajstić information content (AvgIpc) is 2.16. The topological polar surface area (TPSA) is 0 Å². The second kappa shape index (κ2) is 5.02. The molecule has 1 unspecified atom stereocenters. The van der Waals surface area contributed by atoms with Gasteiger partial charge in [0.1, 0.15) is 0 Å². The van der Waals surface area contributed by atoms with E-state index < -0.39 is 0 Å². The molecule has 0 aliphatic rings. The third-order valence-electron chi connectivity index (χ3n) is 2.40. The van der Waals surface area contributed by atoms with Gasteiger partial charge in [-0.2, -0.15) is 0 Å². The summed E-state index contributed by atoms with van der Waals surface area (Å²) in [6.45, 7) is 4.44. The van der Waals surface area contributed by atoms with Crippen LogP contribution in [0.25, 0.3) is 0 Å². The first-order valence-electron chi connectivity index (χ1n) is 4.53. The Morgan fingerprint density at radius 3 is 2.62 bits per heavy atom. The molecule has 1 rings (SSSR count). The number of benzene rings is 1. The zero-order valence-electron chi connectivity index (χ0n) is 7.98. The predicted molar refractivity (Wildman–Crippen MR) is 62.4 cm³/mol. The van der Waals surface area contributed by atoms with Crippen LogP contribution in [0.4, 0.5) is 0 Å². The highest BCUT2D eigenvalue weighted by molar-refractivity contribution is 9.10. The lowest BCUT2D eigenvalue weighted by Crippen LogP contribution is -1.92. The summed E-state index contributed by atoms with van der Waals surface area (Å²) in [4.78, 5) is 0. The Morgan fingerprint density at radius 2 is 2.15 bits per heavy atom. The summed E-state index contributed by atoms with van der Waals surface area (Å²) in [5.74, 6) is 1.20. The van der Waals surface area contributed by atoms with Gasteiger partial charge >= 0.3 is 0 Å². The van der Waals surface area contributed by atoms with E-state index >= 15 is 0 Å². The van der Waals surface area contributed by atoms with Gasteiger partial charge in [-0.05, 0) is 29.5 Å². The summed E-state index contributed by atoms with van der Waals surface area (Å²) in [7, 11) is 0. The molecule has 0 bridgehead atoms. The molecule has 0 aliphatic heterocycles. The van der Waals surface area contributed by atoms with Gasteiger partial charge < -0.3 is 0 Å². The minimum Gasteiger partial charge on any atom is -0.122 e. The van der Waals surface area contributed by atoms with Crippen molar-refractivity contribution in [1.29, 1.82) is 0 Å². The molecule has 72 valence electrons. The van der Waals surface area contributed by atoms with Crippen molar-refractivity contribution >= 4 is 27.5 Å². The Bertz CT molecular complexity index is 283. The van der Waals surface area contributed by atoms with Gasteiger partial charge in [-0.25, -0.2) is 0 Å². The van der Waals surface area contributed by atoms with Crippen LogP contribution in [0.2, 0.25) is 0 Å². The molecule has 0 heterocycles. The third-order valence-corrected chi connectivity index (χ3v) is 3.43. The zero-order chi connectivity index (χ0) is 9.84. The maximum atomic E-state index is 5.77. The van der Waals surface area contributed by atoms with Crippen molar-refractivity contribution in [1.82, 2.24) is 0 Å². The van der Waals surface area contributed by atoms with Gasteiger partial charge in [-0.3, -0.25) is 0 Å². The molecule has 0 saturated heterocycles. The summed E-state index contributed by atoms with van der Waals surface area (Å²) >= 11 is 9.29. The van der Waals surface area contributed by atoms with E-state index in [1.807, 2.05) is 0 Å². The van der Waals surface area contributed by atoms with Crippen LogP contribution in [0.1, 0.15) is 37.3 Å². The van der Waals surface area contributed by atoms with Crippen LogP contribution in [0.15, 0.2) is 22.7 Å². The Balaban J connectivity index is 2.95. The predicted octanol–water partition coefficient (Wildman–Crippen LogP) is 4.70. The van der Waals surface area contributed by atoms with Crippen molar-refractivity contribution in [2.24, 2.45) is 0 Å². The molecule has 1 aromatic carbocycles. The lowest BCUT2D eigenvalue weighted by Gasteiger charge is -2.10. The Hall–Kier alpha value is -0.0100. The fourth-order valence-corrected chi connectivity index (χ4v) is 2.15. The number of rotatable bonds is 3. The van der Waals surface area contributed by atoms with Crippen molar-refractivity contribution in [3.63, 3.8) is 0 Å². The third kappa shape index (κ3) is 2.72. The summed E-state index contributed by atoms with van der Waals surface area (Å²) in [5.41, 5.74) is 2.54. The fourth-order valence-electron chi connectivity index (χ4n) is 1.21. The molecule has 0 amide bonds. The summed E-state index contributed by atoms with van der Waals surface area (Å²) in [5, 5.41) is 0. The number of halogens is 2. The normalized spacial score (nSPS) is 12.9. The Labute approximate surface area is 93.4 Å². The minimum absolute atomic E-state index is 0.571. The van der Waals surface area contributed by atoms with E-state index in [1.54, 1.807) is 0 Å². The lowest BCUT2D eigenvalue weighted by molar-refractivity contribution is 0.733. The van der Waals surface area contributed by atoms with Crippen LogP contribution in [0.5, 0.6) is 0 Å². The quantitative estimate of drug-likeness (QED) is 0.692. The Kier molecular flexibility index (Phi) is 4.27. The standard InChI is InChI=1S/C11H14BrCl/c1-3-8(2)9-4-5-10(7-13)11(12)6-9/h4-6,8H,3,7H2,1-2H3. The molecule has 13 heavy (non-hydrogen) atoms. The summed E-state index contributed by atoms with van der Waals surface area (Å²) in [6, 6.07) is 6.43. The molecule has 0 N–H and O–H groups in total. The van der Waals surface area contributed by atoms with Gasteiger partial charge in [0, 0.05) is 10.4 Å². The summed E-state index contributed by atoms with van der Waals surface area (Å²) in [6.07, 6.45) is 1.17. The zero-order valence-corrected chi connectivity index (χ0v) is 10.3. The number of hydrogen-bond donors (Lipinski definition) is 0. The van der Waals surface area contributed by atoms with Crippen LogP contribution in [0.3, 0.4) is 0 Å². The molecule has 0 nitrogen and oxygen atoms in total. The minimum atomic E-state index is 0.571. The van der Waals surface area contributed by atoms with E-state index in [4.69, 9.17) is 11.6 Å². The van der Waals surface area contributed by atoms with Gasteiger partial charge in [0.05, 0.1) is 0 Å². The number of alkyl halides is 1. The first-order chi connectivity index (χ1) is 6.19. The van der Waals surface area contributed by atoms with E-state index in [2.05, 4.69) is 48.0 Å². The molecule has 1 aromatic rings. The molecule has 0 aliphatic carbocycles. The van der Waals surface area contributed by atoms with Gasteiger partial charge in [0.25, 0.3) is 0 Å². The fraction of sp³-hybridized carbons (Fsp3) is 0.455. The lowest BCUT2D eigenvalue weighted by atomic mass is 9.98. The van der Waals surface area contributed by atoms with Crippen molar-refractivity contribution < 1.29 is 0 Å². The van der Waals surface area contributed by atoms with E-state index in [0.717, 1.165) is 10.0 Å². The maximum absolute atomic E-state index is 5.77. The van der Waals surface area contributed by atoms with Crippen LogP contribution < -0.4 is 0 Å². The van der Waals surface area contributed by atoms with E-state index in [-0.39, 0.29) is 0 Å². The van der Waals surface area contributed by atoms with Crippen LogP contribution in [-0.4, -0.2) is 0 Å². The van der Waals surface area contributed by atoms with Gasteiger partial charge in [0.2, 0.25) is 0 Å². The van der Waals surface area contributed by atoms with Gasteiger partial charge in [-0.15, -0.1) is 11.6 Å². The van der Waals surface area contributed by atoms with Crippen molar-refractivity contribution in [2.75, 3.05) is 0 Å². The van der Waals surface area contributed by atoms with Crippen molar-refractivity contribution in [2.45, 2.75) is 32.1 Å². The first kappa shape index (κ1) is 11.1. The highest BCUT2D eigenvalue weighted by Crippen LogP contribution is 2.25.